The van der Waals surface area contributed by atoms with E-state index in [1.165, 1.54) is 0 Å². The second kappa shape index (κ2) is 9.47. The van der Waals surface area contributed by atoms with Crippen molar-refractivity contribution in [2.24, 2.45) is 0 Å². The van der Waals surface area contributed by atoms with E-state index in [1.807, 2.05) is 45.9 Å². The molecule has 1 fully saturated rings. The maximum absolute atomic E-state index is 13.0. The topological polar surface area (TPSA) is 70.8 Å². The highest BCUT2D eigenvalue weighted by Gasteiger charge is 2.22. The molecule has 0 aliphatic carbocycles. The number of amides is 1. The number of halogens is 1. The first-order valence-corrected chi connectivity index (χ1v) is 10.5. The van der Waals surface area contributed by atoms with Crippen LogP contribution in [-0.2, 0) is 17.9 Å². The number of hydrogen-bond acceptors (Lipinski definition) is 5. The molecule has 2 aromatic carbocycles. The van der Waals surface area contributed by atoms with Gasteiger partial charge in [0.25, 0.3) is 0 Å². The van der Waals surface area contributed by atoms with Gasteiger partial charge in [-0.05, 0) is 36.4 Å². The minimum Gasteiger partial charge on any atom is -0.486 e. The number of aromatic nitrogens is 2. The quantitative estimate of drug-likeness (QED) is 0.625. The van der Waals surface area contributed by atoms with Crippen molar-refractivity contribution in [3.63, 3.8) is 0 Å². The number of β-amino-alcohol motifs (C(OH)–C–C–N with tert-alkyl or cyclic N) is 1. The second-order valence-electron chi connectivity index (χ2n) is 7.29. The molecule has 1 aromatic heterocycles. The summed E-state index contributed by atoms with van der Waals surface area (Å²) in [5.41, 5.74) is 1.76. The van der Waals surface area contributed by atoms with Gasteiger partial charge in [0.1, 0.15) is 24.7 Å². The van der Waals surface area contributed by atoms with Gasteiger partial charge in [-0.25, -0.2) is 4.98 Å². The van der Waals surface area contributed by atoms with Crippen molar-refractivity contribution in [3.05, 3.63) is 59.4 Å². The number of aliphatic hydroxyl groups is 1. The Hall–Kier alpha value is -2.61. The van der Waals surface area contributed by atoms with Crippen LogP contribution in [0.4, 0.5) is 0 Å². The zero-order chi connectivity index (χ0) is 20.9. The zero-order valence-electron chi connectivity index (χ0n) is 16.7. The van der Waals surface area contributed by atoms with Gasteiger partial charge < -0.3 is 19.3 Å². The van der Waals surface area contributed by atoms with E-state index in [0.717, 1.165) is 24.1 Å². The Bertz CT molecular complexity index is 997. The van der Waals surface area contributed by atoms with E-state index < -0.39 is 0 Å². The summed E-state index contributed by atoms with van der Waals surface area (Å²) in [7, 11) is 0. The first kappa shape index (κ1) is 20.7. The van der Waals surface area contributed by atoms with Crippen LogP contribution in [-0.4, -0.2) is 69.7 Å². The Labute approximate surface area is 180 Å². The number of rotatable bonds is 7. The summed E-state index contributed by atoms with van der Waals surface area (Å²) in [4.78, 5) is 21.7. The van der Waals surface area contributed by atoms with Crippen LogP contribution < -0.4 is 4.74 Å². The molecular formula is C22H25ClN4O3. The largest absolute Gasteiger partial charge is 0.486 e. The molecule has 1 saturated heterocycles. The van der Waals surface area contributed by atoms with Crippen LogP contribution in [0.5, 0.6) is 5.75 Å². The van der Waals surface area contributed by atoms with E-state index in [-0.39, 0.29) is 25.7 Å². The van der Waals surface area contributed by atoms with E-state index in [0.29, 0.717) is 36.2 Å². The third-order valence-corrected chi connectivity index (χ3v) is 5.60. The molecular weight excluding hydrogens is 404 g/mol. The molecule has 0 spiro atoms. The number of aliphatic hydroxyl groups excluding tert-OH is 1. The molecule has 1 aliphatic heterocycles. The van der Waals surface area contributed by atoms with Gasteiger partial charge >= 0.3 is 0 Å². The minimum atomic E-state index is 0.0644. The van der Waals surface area contributed by atoms with Crippen molar-refractivity contribution in [3.8, 4) is 5.75 Å². The van der Waals surface area contributed by atoms with Gasteiger partial charge in [0, 0.05) is 37.7 Å². The molecule has 0 atom stereocenters. The number of ether oxygens (including phenoxy) is 1. The van der Waals surface area contributed by atoms with Crippen molar-refractivity contribution in [2.75, 3.05) is 39.3 Å². The summed E-state index contributed by atoms with van der Waals surface area (Å²) in [6.07, 6.45) is 0. The van der Waals surface area contributed by atoms with Crippen LogP contribution in [0, 0.1) is 0 Å². The van der Waals surface area contributed by atoms with E-state index in [1.54, 1.807) is 12.1 Å². The third kappa shape index (κ3) is 4.75. The first-order chi connectivity index (χ1) is 14.6. The molecule has 7 nitrogen and oxygen atoms in total. The molecule has 0 unspecified atom stereocenters. The maximum Gasteiger partial charge on any atom is 0.242 e. The third-order valence-electron chi connectivity index (χ3n) is 5.35. The number of piperazine rings is 1. The SMILES string of the molecule is O=C(Cn1c(COc2ccc(Cl)cc2)nc2ccccc21)N1CCN(CCO)CC1. The lowest BCUT2D eigenvalue weighted by Crippen LogP contribution is -2.50. The van der Waals surface area contributed by atoms with Gasteiger partial charge in [0.15, 0.2) is 0 Å². The highest BCUT2D eigenvalue weighted by molar-refractivity contribution is 6.30. The summed E-state index contributed by atoms with van der Waals surface area (Å²) >= 11 is 5.94. The fourth-order valence-electron chi connectivity index (χ4n) is 3.69. The van der Waals surface area contributed by atoms with Crippen LogP contribution in [0.2, 0.25) is 5.02 Å². The van der Waals surface area contributed by atoms with Gasteiger partial charge in [-0.2, -0.15) is 0 Å². The lowest BCUT2D eigenvalue weighted by atomic mass is 10.3. The summed E-state index contributed by atoms with van der Waals surface area (Å²) in [6.45, 7) is 4.18. The molecule has 1 amide bonds. The number of hydrogen-bond donors (Lipinski definition) is 1. The summed E-state index contributed by atoms with van der Waals surface area (Å²) in [6, 6.07) is 15.0. The van der Waals surface area contributed by atoms with E-state index in [2.05, 4.69) is 9.88 Å². The minimum absolute atomic E-state index is 0.0644. The number of carbonyl (C=O) groups excluding carboxylic acids is 1. The Morgan fingerprint density at radius 2 is 1.80 bits per heavy atom. The molecule has 0 radical (unpaired) electrons. The first-order valence-electron chi connectivity index (χ1n) is 10.1. The fourth-order valence-corrected chi connectivity index (χ4v) is 3.81. The van der Waals surface area contributed by atoms with E-state index >= 15 is 0 Å². The maximum atomic E-state index is 13.0. The normalized spacial score (nSPS) is 14.9. The average molecular weight is 429 g/mol. The molecule has 3 aromatic rings. The average Bonchev–Trinajstić information content (AvgIpc) is 3.11. The van der Waals surface area contributed by atoms with Crippen LogP contribution in [0.1, 0.15) is 5.82 Å². The second-order valence-corrected chi connectivity index (χ2v) is 7.73. The smallest absolute Gasteiger partial charge is 0.242 e. The zero-order valence-corrected chi connectivity index (χ0v) is 17.5. The predicted octanol–water partition coefficient (Wildman–Crippen LogP) is 2.41. The van der Waals surface area contributed by atoms with Gasteiger partial charge in [0.2, 0.25) is 5.91 Å². The molecule has 0 saturated carbocycles. The fraction of sp³-hybridized carbons (Fsp3) is 0.364. The highest BCUT2D eigenvalue weighted by Crippen LogP contribution is 2.20. The standard InChI is InChI=1S/C22H25ClN4O3/c23-17-5-7-18(8-6-17)30-16-21-24-19-3-1-2-4-20(19)27(21)15-22(29)26-11-9-25(10-12-26)13-14-28/h1-8,28H,9-16H2. The molecule has 0 bridgehead atoms. The van der Waals surface area contributed by atoms with Gasteiger partial charge in [-0.3, -0.25) is 9.69 Å². The van der Waals surface area contributed by atoms with Crippen LogP contribution >= 0.6 is 11.6 Å². The number of para-hydroxylation sites is 2. The Morgan fingerprint density at radius 1 is 1.07 bits per heavy atom. The Kier molecular flexibility index (Phi) is 6.52. The van der Waals surface area contributed by atoms with Crippen LogP contribution in [0.25, 0.3) is 11.0 Å². The molecule has 1 N–H and O–H groups in total. The number of benzene rings is 2. The van der Waals surface area contributed by atoms with E-state index in [9.17, 15) is 4.79 Å². The van der Waals surface area contributed by atoms with Crippen molar-refractivity contribution < 1.29 is 14.6 Å². The summed E-state index contributed by atoms with van der Waals surface area (Å²) in [5.74, 6) is 1.47. The highest BCUT2D eigenvalue weighted by atomic mass is 35.5. The van der Waals surface area contributed by atoms with Gasteiger partial charge in [0.05, 0.1) is 17.6 Å². The molecule has 4 rings (SSSR count). The van der Waals surface area contributed by atoms with Crippen LogP contribution in [0.3, 0.4) is 0 Å². The van der Waals surface area contributed by atoms with Crippen molar-refractivity contribution in [2.45, 2.75) is 13.2 Å². The summed E-state index contributed by atoms with van der Waals surface area (Å²) in [5, 5.41) is 9.74. The van der Waals surface area contributed by atoms with E-state index in [4.69, 9.17) is 21.4 Å². The van der Waals surface area contributed by atoms with Crippen molar-refractivity contribution >= 4 is 28.5 Å². The molecule has 1 aliphatic rings. The monoisotopic (exact) mass is 428 g/mol. The molecule has 2 heterocycles. The summed E-state index contributed by atoms with van der Waals surface area (Å²) < 4.78 is 7.83. The molecule has 30 heavy (non-hydrogen) atoms. The Morgan fingerprint density at radius 3 is 2.53 bits per heavy atom. The van der Waals surface area contributed by atoms with Gasteiger partial charge in [-0.15, -0.1) is 0 Å². The number of nitrogens with zero attached hydrogens (tertiary/aromatic N) is 4. The van der Waals surface area contributed by atoms with Crippen molar-refractivity contribution in [1.82, 2.24) is 19.4 Å². The van der Waals surface area contributed by atoms with Crippen LogP contribution in [0.15, 0.2) is 48.5 Å². The number of carbonyl (C=O) groups is 1. The molecule has 8 heteroatoms. The predicted molar refractivity (Wildman–Crippen MR) is 116 cm³/mol. The Balaban J connectivity index is 1.49. The lowest BCUT2D eigenvalue weighted by molar-refractivity contribution is -0.133. The number of fused-ring (bicyclic) bond motifs is 1. The number of imidazole rings is 1. The van der Waals surface area contributed by atoms with Crippen molar-refractivity contribution in [1.29, 1.82) is 0 Å². The van der Waals surface area contributed by atoms with Gasteiger partial charge in [-0.1, -0.05) is 23.7 Å². The molecule has 158 valence electrons. The lowest BCUT2D eigenvalue weighted by Gasteiger charge is -2.34.